The van der Waals surface area contributed by atoms with Gasteiger partial charge >= 0.3 is 0 Å². The quantitative estimate of drug-likeness (QED) is 0.341. The number of likely N-dealkylation sites (tertiary alicyclic amines) is 1. The number of ether oxygens (including phenoxy) is 1. The third kappa shape index (κ3) is 4.49. The second kappa shape index (κ2) is 10.1. The van der Waals surface area contributed by atoms with Gasteiger partial charge in [-0.1, -0.05) is 0 Å². The van der Waals surface area contributed by atoms with Crippen LogP contribution in [0.5, 0.6) is 5.75 Å². The number of benzene rings is 1. The second-order valence-electron chi connectivity index (χ2n) is 11.0. The van der Waals surface area contributed by atoms with Gasteiger partial charge in [-0.05, 0) is 61.9 Å². The number of hydrogen-bond donors (Lipinski definition) is 1. The molecule has 8 nitrogen and oxygen atoms in total. The van der Waals surface area contributed by atoms with Gasteiger partial charge in [0.05, 0.1) is 30.6 Å². The average Bonchev–Trinajstić information content (AvgIpc) is 3.64. The van der Waals surface area contributed by atoms with Crippen molar-refractivity contribution in [2.45, 2.75) is 44.0 Å². The normalized spacial score (nSPS) is 18.1. The van der Waals surface area contributed by atoms with Crippen molar-refractivity contribution >= 4 is 28.0 Å². The van der Waals surface area contributed by atoms with E-state index < -0.39 is 25.1 Å². The molecule has 0 spiro atoms. The van der Waals surface area contributed by atoms with E-state index >= 15 is 0 Å². The van der Waals surface area contributed by atoms with Crippen molar-refractivity contribution in [3.05, 3.63) is 41.6 Å². The number of piperidine rings is 1. The monoisotopic (exact) mass is 555 g/mol. The molecule has 6 rings (SSSR count). The molecule has 1 aliphatic heterocycles. The summed E-state index contributed by atoms with van der Waals surface area (Å²) in [6.07, 6.45) is 2.18. The van der Waals surface area contributed by atoms with E-state index in [1.54, 1.807) is 18.2 Å². The van der Waals surface area contributed by atoms with E-state index in [0.717, 1.165) is 23.9 Å². The molecule has 4 aromatic rings. The maximum Gasteiger partial charge on any atom is 0.254 e. The van der Waals surface area contributed by atoms with E-state index in [9.17, 15) is 23.1 Å². The zero-order chi connectivity index (χ0) is 28.2. The molecule has 11 heteroatoms. The van der Waals surface area contributed by atoms with Gasteiger partial charge in [-0.25, -0.2) is 23.1 Å². The van der Waals surface area contributed by atoms with Gasteiger partial charge < -0.3 is 23.9 Å². The number of amides is 1. The smallest absolute Gasteiger partial charge is 0.254 e. The number of rotatable bonds is 8. The maximum atomic E-state index is 14.0. The van der Waals surface area contributed by atoms with Crippen LogP contribution >= 0.6 is 0 Å². The van der Waals surface area contributed by atoms with E-state index in [1.807, 2.05) is 22.2 Å². The second-order valence-corrected chi connectivity index (χ2v) is 11.0. The first-order chi connectivity index (χ1) is 19.3. The molecule has 0 radical (unpaired) electrons. The molecule has 40 heavy (non-hydrogen) atoms. The molecule has 0 bridgehead atoms. The minimum absolute atomic E-state index is 0.0604. The van der Waals surface area contributed by atoms with E-state index in [4.69, 9.17) is 9.72 Å². The van der Waals surface area contributed by atoms with Gasteiger partial charge in [0.15, 0.2) is 11.4 Å². The van der Waals surface area contributed by atoms with Gasteiger partial charge in [0.1, 0.15) is 36.4 Å². The summed E-state index contributed by atoms with van der Waals surface area (Å²) in [6, 6.07) is 8.45. The molecule has 1 atom stereocenters. The van der Waals surface area contributed by atoms with Crippen LogP contribution in [-0.2, 0) is 19.2 Å². The summed E-state index contributed by atoms with van der Waals surface area (Å²) < 4.78 is 50.7. The van der Waals surface area contributed by atoms with Crippen molar-refractivity contribution in [1.29, 1.82) is 0 Å². The Labute approximate surface area is 229 Å². The van der Waals surface area contributed by atoms with Crippen LogP contribution in [-0.4, -0.2) is 74.7 Å². The molecular formula is C29H32F3N5O3. The van der Waals surface area contributed by atoms with Crippen molar-refractivity contribution in [3.63, 3.8) is 0 Å². The van der Waals surface area contributed by atoms with Crippen LogP contribution in [0.1, 0.15) is 41.7 Å². The number of hydrogen-bond acceptors (Lipinski definition) is 5. The fourth-order valence-electron chi connectivity index (χ4n) is 5.60. The number of carbonyl (C=O) groups is 1. The first kappa shape index (κ1) is 26.6. The number of alkyl halides is 3. The van der Waals surface area contributed by atoms with Gasteiger partial charge in [0.2, 0.25) is 0 Å². The molecule has 1 amide bonds. The lowest BCUT2D eigenvalue weighted by Crippen LogP contribution is -2.40. The van der Waals surface area contributed by atoms with Crippen molar-refractivity contribution in [2.75, 3.05) is 33.5 Å². The van der Waals surface area contributed by atoms with Crippen molar-refractivity contribution in [1.82, 2.24) is 24.0 Å². The predicted octanol–water partition coefficient (Wildman–Crippen LogP) is 4.71. The molecule has 0 unspecified atom stereocenters. The third-order valence-corrected chi connectivity index (χ3v) is 8.08. The SMILES string of the molecule is COc1cc(C(=O)N2CCC[C@@H](F)C2)cc2nc(-c3cc4ccc(C(O)(CF)CF)nc4n3CC3CC3)n(C)c12. The highest BCUT2D eigenvalue weighted by Crippen LogP contribution is 2.38. The molecule has 4 heterocycles. The number of halogens is 3. The van der Waals surface area contributed by atoms with Gasteiger partial charge in [-0.15, -0.1) is 0 Å². The number of imidazole rings is 1. The number of nitrogens with zero attached hydrogens (tertiary/aromatic N) is 5. The standard InChI is InChI=1S/C29H32F3N5O3/c1-35-25-21(10-19(12-23(25)40-2)28(38)36-9-3-4-20(32)14-36)33-27(35)22-11-18-7-8-24(29(39,15-30)16-31)34-26(18)37(22)13-17-5-6-17/h7-8,10-12,17,20,39H,3-6,9,13-16H2,1-2H3/t20-/m1/s1. The zero-order valence-electron chi connectivity index (χ0n) is 22.5. The zero-order valence-corrected chi connectivity index (χ0v) is 22.5. The highest BCUT2D eigenvalue weighted by atomic mass is 19.1. The summed E-state index contributed by atoms with van der Waals surface area (Å²) >= 11 is 0. The Morgan fingerprint density at radius 3 is 2.60 bits per heavy atom. The molecule has 1 aromatic carbocycles. The van der Waals surface area contributed by atoms with Crippen LogP contribution in [0, 0.1) is 5.92 Å². The Balaban J connectivity index is 1.48. The van der Waals surface area contributed by atoms with Crippen molar-refractivity contribution < 1.29 is 27.8 Å². The summed E-state index contributed by atoms with van der Waals surface area (Å²) in [5, 5.41) is 11.2. The van der Waals surface area contributed by atoms with Crippen LogP contribution < -0.4 is 4.74 Å². The minimum atomic E-state index is -2.30. The summed E-state index contributed by atoms with van der Waals surface area (Å²) in [5.74, 6) is 1.25. The summed E-state index contributed by atoms with van der Waals surface area (Å²) in [4.78, 5) is 24.2. The number of aromatic nitrogens is 4. The molecule has 1 aliphatic carbocycles. The van der Waals surface area contributed by atoms with E-state index in [2.05, 4.69) is 4.98 Å². The summed E-state index contributed by atoms with van der Waals surface area (Å²) in [7, 11) is 3.39. The molecular weight excluding hydrogens is 523 g/mol. The van der Waals surface area contributed by atoms with E-state index in [-0.39, 0.29) is 18.1 Å². The lowest BCUT2D eigenvalue weighted by Gasteiger charge is -2.29. The Hall–Kier alpha value is -3.60. The largest absolute Gasteiger partial charge is 0.494 e. The maximum absolute atomic E-state index is 14.0. The topological polar surface area (TPSA) is 85.4 Å². The molecule has 2 fully saturated rings. The van der Waals surface area contributed by atoms with Crippen LogP contribution in [0.3, 0.4) is 0 Å². The number of pyridine rings is 1. The number of carbonyl (C=O) groups excluding carboxylic acids is 1. The molecule has 212 valence electrons. The fraction of sp³-hybridized carbons (Fsp3) is 0.483. The van der Waals surface area contributed by atoms with Crippen molar-refractivity contribution in [3.8, 4) is 17.3 Å². The molecule has 1 saturated heterocycles. The van der Waals surface area contributed by atoms with Gasteiger partial charge in [0, 0.05) is 31.1 Å². The van der Waals surface area contributed by atoms with Crippen LogP contribution in [0.4, 0.5) is 13.2 Å². The molecule has 1 N–H and O–H groups in total. The first-order valence-electron chi connectivity index (χ1n) is 13.6. The van der Waals surface area contributed by atoms with E-state index in [1.165, 1.54) is 18.1 Å². The Kier molecular flexibility index (Phi) is 6.72. The van der Waals surface area contributed by atoms with Gasteiger partial charge in [0.25, 0.3) is 5.91 Å². The number of fused-ring (bicyclic) bond motifs is 2. The first-order valence-corrected chi connectivity index (χ1v) is 13.6. The predicted molar refractivity (Wildman–Crippen MR) is 145 cm³/mol. The minimum Gasteiger partial charge on any atom is -0.494 e. The summed E-state index contributed by atoms with van der Waals surface area (Å²) in [6.45, 7) is -1.35. The highest BCUT2D eigenvalue weighted by Gasteiger charge is 2.33. The van der Waals surface area contributed by atoms with Crippen LogP contribution in [0.2, 0.25) is 0 Å². The van der Waals surface area contributed by atoms with Gasteiger partial charge in [-0.3, -0.25) is 4.79 Å². The number of aryl methyl sites for hydroxylation is 1. The molecule has 3 aromatic heterocycles. The van der Waals surface area contributed by atoms with Crippen LogP contribution in [0.25, 0.3) is 33.6 Å². The Morgan fingerprint density at radius 1 is 1.15 bits per heavy atom. The average molecular weight is 556 g/mol. The Morgan fingerprint density at radius 2 is 1.93 bits per heavy atom. The molecule has 2 aliphatic rings. The molecule has 1 saturated carbocycles. The lowest BCUT2D eigenvalue weighted by molar-refractivity contribution is -0.0146. The lowest BCUT2D eigenvalue weighted by atomic mass is 10.0. The summed E-state index contributed by atoms with van der Waals surface area (Å²) in [5.41, 5.74) is 0.529. The third-order valence-electron chi connectivity index (χ3n) is 8.08. The van der Waals surface area contributed by atoms with Crippen LogP contribution in [0.15, 0.2) is 30.3 Å². The number of methoxy groups -OCH3 is 1. The number of aliphatic hydroxyl groups is 1. The fourth-order valence-corrected chi connectivity index (χ4v) is 5.60. The van der Waals surface area contributed by atoms with E-state index in [0.29, 0.717) is 65.7 Å². The Bertz CT molecular complexity index is 1590. The van der Waals surface area contributed by atoms with Gasteiger partial charge in [-0.2, -0.15) is 0 Å². The van der Waals surface area contributed by atoms with Crippen molar-refractivity contribution in [2.24, 2.45) is 13.0 Å². The highest BCUT2D eigenvalue weighted by molar-refractivity contribution is 6.00.